The Morgan fingerprint density at radius 1 is 1.10 bits per heavy atom. The molecule has 1 rings (SSSR count). The van der Waals surface area contributed by atoms with Gasteiger partial charge in [0.2, 0.25) is 0 Å². The number of hydrogen-bond acceptors (Lipinski definition) is 5. The molecule has 0 spiro atoms. The summed E-state index contributed by atoms with van der Waals surface area (Å²) in [5, 5.41) is 14.1. The van der Waals surface area contributed by atoms with Gasteiger partial charge in [-0.3, -0.25) is 9.59 Å². The number of methoxy groups -OCH3 is 2. The molecule has 116 valence electrons. The summed E-state index contributed by atoms with van der Waals surface area (Å²) in [4.78, 5) is 23.0. The number of rotatable bonds is 7. The fraction of sp³-hybridized carbons (Fsp3) is 0.429. The standard InChI is InChI=1S/C14H20N2O5/c1-20-12(21-2)9-16-14(19)13(18)15-8-7-10-3-5-11(17)6-4-10/h3-6,12,17H,7-9H2,1-2H3,(H,15,18)(H,16,19). The molecule has 0 aliphatic carbocycles. The average molecular weight is 296 g/mol. The number of hydrogen-bond donors (Lipinski definition) is 3. The number of carbonyl (C=O) groups is 2. The smallest absolute Gasteiger partial charge is 0.309 e. The molecule has 21 heavy (non-hydrogen) atoms. The van der Waals surface area contributed by atoms with Crippen LogP contribution in [0.4, 0.5) is 0 Å². The molecule has 0 bridgehead atoms. The highest BCUT2D eigenvalue weighted by Crippen LogP contribution is 2.09. The van der Waals surface area contributed by atoms with E-state index in [9.17, 15) is 9.59 Å². The first-order valence-electron chi connectivity index (χ1n) is 6.46. The van der Waals surface area contributed by atoms with Gasteiger partial charge in [0.25, 0.3) is 0 Å². The molecule has 1 aromatic carbocycles. The predicted molar refractivity (Wildman–Crippen MR) is 75.6 cm³/mol. The molecule has 7 heteroatoms. The molecule has 2 amide bonds. The average Bonchev–Trinajstić information content (AvgIpc) is 2.50. The lowest BCUT2D eigenvalue weighted by molar-refractivity contribution is -0.141. The lowest BCUT2D eigenvalue weighted by Gasteiger charge is -2.13. The Morgan fingerprint density at radius 3 is 2.24 bits per heavy atom. The van der Waals surface area contributed by atoms with Crippen LogP contribution in [-0.4, -0.2) is 50.5 Å². The molecule has 0 unspecified atom stereocenters. The highest BCUT2D eigenvalue weighted by Gasteiger charge is 2.14. The lowest BCUT2D eigenvalue weighted by atomic mass is 10.1. The first kappa shape index (κ1) is 16.9. The van der Waals surface area contributed by atoms with E-state index in [-0.39, 0.29) is 12.3 Å². The van der Waals surface area contributed by atoms with Crippen molar-refractivity contribution in [3.63, 3.8) is 0 Å². The van der Waals surface area contributed by atoms with Crippen molar-refractivity contribution in [2.45, 2.75) is 12.7 Å². The highest BCUT2D eigenvalue weighted by molar-refractivity contribution is 6.35. The van der Waals surface area contributed by atoms with Crippen LogP contribution in [-0.2, 0) is 25.5 Å². The number of nitrogens with one attached hydrogen (secondary N) is 2. The zero-order valence-corrected chi connectivity index (χ0v) is 12.1. The second-order valence-electron chi connectivity index (χ2n) is 4.28. The molecule has 0 aliphatic heterocycles. The van der Waals surface area contributed by atoms with E-state index in [1.54, 1.807) is 24.3 Å². The maximum Gasteiger partial charge on any atom is 0.309 e. The molecule has 0 radical (unpaired) electrons. The van der Waals surface area contributed by atoms with Crippen molar-refractivity contribution in [2.75, 3.05) is 27.3 Å². The van der Waals surface area contributed by atoms with E-state index in [4.69, 9.17) is 14.6 Å². The Bertz CT molecular complexity index is 457. The largest absolute Gasteiger partial charge is 0.508 e. The third-order valence-corrected chi connectivity index (χ3v) is 2.80. The molecule has 0 aromatic heterocycles. The predicted octanol–water partition coefficient (Wildman–Crippen LogP) is -0.214. The van der Waals surface area contributed by atoms with Crippen LogP contribution in [0.1, 0.15) is 5.56 Å². The number of benzene rings is 1. The number of ether oxygens (including phenoxy) is 2. The van der Waals surface area contributed by atoms with Gasteiger partial charge < -0.3 is 25.2 Å². The van der Waals surface area contributed by atoms with Crippen LogP contribution in [0.3, 0.4) is 0 Å². The summed E-state index contributed by atoms with van der Waals surface area (Å²) in [6, 6.07) is 6.64. The van der Waals surface area contributed by atoms with Crippen LogP contribution in [0.25, 0.3) is 0 Å². The van der Waals surface area contributed by atoms with Crippen LogP contribution < -0.4 is 10.6 Å². The van der Waals surface area contributed by atoms with Crippen LogP contribution in [0, 0.1) is 0 Å². The zero-order valence-electron chi connectivity index (χ0n) is 12.1. The second-order valence-corrected chi connectivity index (χ2v) is 4.28. The Balaban J connectivity index is 2.26. The van der Waals surface area contributed by atoms with Crippen molar-refractivity contribution in [1.82, 2.24) is 10.6 Å². The molecule has 0 atom stereocenters. The number of aromatic hydroxyl groups is 1. The van der Waals surface area contributed by atoms with E-state index < -0.39 is 18.1 Å². The summed E-state index contributed by atoms with van der Waals surface area (Å²) >= 11 is 0. The van der Waals surface area contributed by atoms with Crippen LogP contribution in [0.5, 0.6) is 5.75 Å². The molecule has 0 heterocycles. The molecule has 3 N–H and O–H groups in total. The Labute approximate surface area is 123 Å². The highest BCUT2D eigenvalue weighted by atomic mass is 16.7. The van der Waals surface area contributed by atoms with E-state index in [1.165, 1.54) is 14.2 Å². The Morgan fingerprint density at radius 2 is 1.67 bits per heavy atom. The molecular formula is C14H20N2O5. The SMILES string of the molecule is COC(CNC(=O)C(=O)NCCc1ccc(O)cc1)OC. The Hall–Kier alpha value is -2.12. The van der Waals surface area contributed by atoms with E-state index in [2.05, 4.69) is 10.6 Å². The van der Waals surface area contributed by atoms with Gasteiger partial charge in [-0.05, 0) is 24.1 Å². The van der Waals surface area contributed by atoms with Gasteiger partial charge in [0.1, 0.15) is 5.75 Å². The van der Waals surface area contributed by atoms with Crippen molar-refractivity contribution in [3.8, 4) is 5.75 Å². The number of amides is 2. The van der Waals surface area contributed by atoms with Gasteiger partial charge in [-0.25, -0.2) is 0 Å². The lowest BCUT2D eigenvalue weighted by Crippen LogP contribution is -2.43. The summed E-state index contributed by atoms with van der Waals surface area (Å²) in [6.45, 7) is 0.423. The molecule has 0 saturated carbocycles. The number of carbonyl (C=O) groups excluding carboxylic acids is 2. The minimum Gasteiger partial charge on any atom is -0.508 e. The first-order valence-corrected chi connectivity index (χ1v) is 6.46. The van der Waals surface area contributed by atoms with E-state index in [0.29, 0.717) is 13.0 Å². The van der Waals surface area contributed by atoms with Gasteiger partial charge in [-0.2, -0.15) is 0 Å². The normalized spacial score (nSPS) is 10.4. The number of phenolic OH excluding ortho intramolecular Hbond substituents is 1. The second kappa shape index (κ2) is 8.93. The Kier molecular flexibility index (Phi) is 7.20. The van der Waals surface area contributed by atoms with Gasteiger partial charge in [-0.15, -0.1) is 0 Å². The minimum atomic E-state index is -0.736. The maximum absolute atomic E-state index is 11.5. The molecule has 1 aromatic rings. The topological polar surface area (TPSA) is 96.9 Å². The third-order valence-electron chi connectivity index (χ3n) is 2.80. The summed E-state index contributed by atoms with van der Waals surface area (Å²) in [5.41, 5.74) is 0.951. The van der Waals surface area contributed by atoms with Crippen LogP contribution in [0.15, 0.2) is 24.3 Å². The zero-order chi connectivity index (χ0) is 15.7. The summed E-state index contributed by atoms with van der Waals surface area (Å²) < 4.78 is 9.78. The third kappa shape index (κ3) is 6.24. The van der Waals surface area contributed by atoms with Gasteiger partial charge in [0.15, 0.2) is 6.29 Å². The van der Waals surface area contributed by atoms with Gasteiger partial charge >= 0.3 is 11.8 Å². The van der Waals surface area contributed by atoms with E-state index in [0.717, 1.165) is 5.56 Å². The summed E-state index contributed by atoms with van der Waals surface area (Å²) in [6.07, 6.45) is -0.0170. The van der Waals surface area contributed by atoms with Crippen molar-refractivity contribution >= 4 is 11.8 Å². The van der Waals surface area contributed by atoms with Gasteiger partial charge in [0.05, 0.1) is 6.54 Å². The van der Waals surface area contributed by atoms with Crippen molar-refractivity contribution in [1.29, 1.82) is 0 Å². The molecule has 0 aliphatic rings. The molecule has 0 fully saturated rings. The monoisotopic (exact) mass is 296 g/mol. The summed E-state index contributed by atoms with van der Waals surface area (Å²) in [7, 11) is 2.89. The van der Waals surface area contributed by atoms with Crippen molar-refractivity contribution in [2.24, 2.45) is 0 Å². The molecular weight excluding hydrogens is 276 g/mol. The van der Waals surface area contributed by atoms with Gasteiger partial charge in [0, 0.05) is 20.8 Å². The molecule has 0 saturated heterocycles. The summed E-state index contributed by atoms with van der Waals surface area (Å²) in [5.74, 6) is -1.26. The van der Waals surface area contributed by atoms with E-state index in [1.807, 2.05) is 0 Å². The fourth-order valence-electron chi connectivity index (χ4n) is 1.58. The van der Waals surface area contributed by atoms with Crippen molar-refractivity contribution in [3.05, 3.63) is 29.8 Å². The maximum atomic E-state index is 11.5. The van der Waals surface area contributed by atoms with E-state index >= 15 is 0 Å². The molecule has 7 nitrogen and oxygen atoms in total. The number of phenols is 1. The van der Waals surface area contributed by atoms with Crippen LogP contribution in [0.2, 0.25) is 0 Å². The van der Waals surface area contributed by atoms with Crippen molar-refractivity contribution < 1.29 is 24.2 Å². The fourth-order valence-corrected chi connectivity index (χ4v) is 1.58. The van der Waals surface area contributed by atoms with Crippen LogP contribution >= 0.6 is 0 Å². The first-order chi connectivity index (χ1) is 10.1. The minimum absolute atomic E-state index is 0.0945. The quantitative estimate of drug-likeness (QED) is 0.478. The van der Waals surface area contributed by atoms with Gasteiger partial charge in [-0.1, -0.05) is 12.1 Å².